The van der Waals surface area contributed by atoms with Crippen LogP contribution in [0.3, 0.4) is 0 Å². The summed E-state index contributed by atoms with van der Waals surface area (Å²) >= 11 is 0. The van der Waals surface area contributed by atoms with Crippen LogP contribution in [0.15, 0.2) is 68.5 Å². The average molecular weight is 513 g/mol. The molecule has 1 atom stereocenters. The molecule has 1 aliphatic heterocycles. The molecule has 0 radical (unpaired) electrons. The lowest BCUT2D eigenvalue weighted by atomic mass is 10.0. The Morgan fingerprint density at radius 2 is 1.95 bits per heavy atom. The lowest BCUT2D eigenvalue weighted by Gasteiger charge is -2.21. The first-order chi connectivity index (χ1) is 18.4. The van der Waals surface area contributed by atoms with Crippen LogP contribution in [0.1, 0.15) is 36.0 Å². The molecule has 1 saturated heterocycles. The third kappa shape index (κ3) is 4.17. The number of imide groups is 1. The van der Waals surface area contributed by atoms with E-state index in [1.54, 1.807) is 54.7 Å². The maximum absolute atomic E-state index is 15.4. The van der Waals surface area contributed by atoms with Gasteiger partial charge in [-0.25, -0.2) is 9.18 Å². The summed E-state index contributed by atoms with van der Waals surface area (Å²) in [6, 6.07) is 12.7. The van der Waals surface area contributed by atoms with E-state index in [-0.39, 0.29) is 42.4 Å². The van der Waals surface area contributed by atoms with Gasteiger partial charge in [0.05, 0.1) is 17.5 Å². The molecule has 0 aliphatic carbocycles. The summed E-state index contributed by atoms with van der Waals surface area (Å²) in [7, 11) is 0. The molecule has 1 aliphatic rings. The number of oxazole rings is 1. The number of halogens is 1. The molecule has 1 fully saturated rings. The Labute approximate surface area is 214 Å². The van der Waals surface area contributed by atoms with Crippen molar-refractivity contribution in [1.82, 2.24) is 25.0 Å². The lowest BCUT2D eigenvalue weighted by Crippen LogP contribution is -2.43. The smallest absolute Gasteiger partial charge is 0.408 e. The van der Waals surface area contributed by atoms with E-state index in [1.807, 2.05) is 6.92 Å². The fourth-order valence-corrected chi connectivity index (χ4v) is 4.66. The Morgan fingerprint density at radius 1 is 1.11 bits per heavy atom. The summed E-state index contributed by atoms with van der Waals surface area (Å²) in [4.78, 5) is 45.0. The van der Waals surface area contributed by atoms with E-state index >= 15 is 4.39 Å². The summed E-state index contributed by atoms with van der Waals surface area (Å²) in [5.41, 5.74) is 3.48. The molecule has 2 amide bonds. The molecule has 1 unspecified atom stereocenters. The largest absolute Gasteiger partial charge is 0.420 e. The molecular formula is C27H20FN5O5. The van der Waals surface area contributed by atoms with Gasteiger partial charge in [0, 0.05) is 23.9 Å². The van der Waals surface area contributed by atoms with E-state index in [0.29, 0.717) is 27.8 Å². The van der Waals surface area contributed by atoms with Crippen molar-refractivity contribution >= 4 is 22.9 Å². The van der Waals surface area contributed by atoms with E-state index in [9.17, 15) is 14.4 Å². The molecule has 10 nitrogen and oxygen atoms in total. The Kier molecular flexibility index (Phi) is 5.67. The van der Waals surface area contributed by atoms with E-state index < -0.39 is 23.5 Å². The highest BCUT2D eigenvalue weighted by Gasteiger charge is 2.31. The number of pyridine rings is 1. The Hall–Kier alpha value is -4.93. The van der Waals surface area contributed by atoms with Crippen LogP contribution in [0.4, 0.5) is 4.39 Å². The Bertz CT molecular complexity index is 1790. The molecule has 4 heterocycles. The predicted molar refractivity (Wildman–Crippen MR) is 132 cm³/mol. The van der Waals surface area contributed by atoms with Crippen LogP contribution in [0, 0.1) is 12.7 Å². The van der Waals surface area contributed by atoms with E-state index in [1.165, 1.54) is 4.57 Å². The minimum absolute atomic E-state index is 0.106. The maximum Gasteiger partial charge on any atom is 0.420 e. The summed E-state index contributed by atoms with van der Waals surface area (Å²) < 4.78 is 27.4. The zero-order chi connectivity index (χ0) is 26.4. The van der Waals surface area contributed by atoms with Gasteiger partial charge < -0.3 is 8.94 Å². The highest BCUT2D eigenvalue weighted by atomic mass is 19.1. The number of piperidine rings is 1. The van der Waals surface area contributed by atoms with Gasteiger partial charge in [-0.3, -0.25) is 24.5 Å². The number of hydrogen-bond donors (Lipinski definition) is 1. The van der Waals surface area contributed by atoms with Crippen molar-refractivity contribution in [2.45, 2.75) is 32.2 Å². The van der Waals surface area contributed by atoms with Crippen molar-refractivity contribution in [2.75, 3.05) is 0 Å². The van der Waals surface area contributed by atoms with Crippen molar-refractivity contribution in [2.24, 2.45) is 0 Å². The van der Waals surface area contributed by atoms with Crippen LogP contribution in [0.25, 0.3) is 33.6 Å². The summed E-state index contributed by atoms with van der Waals surface area (Å²) in [5.74, 6) is -1.75. The molecule has 11 heteroatoms. The standard InChI is InChI=1S/C27H20FN5O5/c1-14-11-16(9-10-29-14)17-3-2-4-18(24(17)28)25-31-23(38-32-25)13-15-5-7-21-20(12-15)33(27(36)37-21)19-6-8-22(34)30-26(19)35/h2-5,7,9-12,19H,6,8,13H2,1H3,(H,30,34,35). The number of aryl methyl sites for hydroxylation is 1. The van der Waals surface area contributed by atoms with Crippen LogP contribution in [-0.2, 0) is 16.0 Å². The number of amides is 2. The molecule has 0 saturated carbocycles. The maximum atomic E-state index is 15.4. The molecule has 190 valence electrons. The third-order valence-electron chi connectivity index (χ3n) is 6.47. The number of carbonyl (C=O) groups is 2. The van der Waals surface area contributed by atoms with Gasteiger partial charge in [0.1, 0.15) is 11.9 Å². The second-order valence-corrected chi connectivity index (χ2v) is 9.05. The van der Waals surface area contributed by atoms with Gasteiger partial charge in [0.25, 0.3) is 0 Å². The van der Waals surface area contributed by atoms with Crippen LogP contribution < -0.4 is 11.1 Å². The number of hydrogen-bond acceptors (Lipinski definition) is 8. The number of nitrogens with zero attached hydrogens (tertiary/aromatic N) is 4. The number of benzene rings is 2. The van der Waals surface area contributed by atoms with Crippen LogP contribution in [0.5, 0.6) is 0 Å². The molecule has 0 spiro atoms. The molecule has 1 N–H and O–H groups in total. The lowest BCUT2D eigenvalue weighted by molar-refractivity contribution is -0.135. The van der Waals surface area contributed by atoms with Gasteiger partial charge in [0.2, 0.25) is 23.5 Å². The molecule has 0 bridgehead atoms. The number of rotatable bonds is 5. The highest BCUT2D eigenvalue weighted by Crippen LogP contribution is 2.30. The van der Waals surface area contributed by atoms with Crippen molar-refractivity contribution < 1.29 is 22.9 Å². The van der Waals surface area contributed by atoms with Gasteiger partial charge in [0.15, 0.2) is 5.58 Å². The van der Waals surface area contributed by atoms with Gasteiger partial charge in [-0.05, 0) is 54.8 Å². The van der Waals surface area contributed by atoms with Gasteiger partial charge in [-0.2, -0.15) is 4.98 Å². The van der Waals surface area contributed by atoms with E-state index in [4.69, 9.17) is 8.94 Å². The quantitative estimate of drug-likeness (QED) is 0.352. The SMILES string of the molecule is Cc1cc(-c2cccc(-c3noc(Cc4ccc5oc(=O)n(C6CCC(=O)NC6=O)c5c4)n3)c2F)ccn1. The summed E-state index contributed by atoms with van der Waals surface area (Å²) in [6.07, 6.45) is 2.14. The van der Waals surface area contributed by atoms with E-state index in [2.05, 4.69) is 20.4 Å². The van der Waals surface area contributed by atoms with Crippen molar-refractivity contribution in [1.29, 1.82) is 0 Å². The fraction of sp³-hybridized carbons (Fsp3) is 0.185. The van der Waals surface area contributed by atoms with Crippen LogP contribution in [0.2, 0.25) is 0 Å². The zero-order valence-corrected chi connectivity index (χ0v) is 20.1. The van der Waals surface area contributed by atoms with Crippen LogP contribution >= 0.6 is 0 Å². The monoisotopic (exact) mass is 513 g/mol. The first-order valence-electron chi connectivity index (χ1n) is 11.9. The highest BCUT2D eigenvalue weighted by molar-refractivity contribution is 6.00. The third-order valence-corrected chi connectivity index (χ3v) is 6.47. The number of aromatic nitrogens is 4. The average Bonchev–Trinajstić information content (AvgIpc) is 3.48. The normalized spacial score (nSPS) is 15.7. The van der Waals surface area contributed by atoms with Crippen molar-refractivity contribution in [3.63, 3.8) is 0 Å². The Balaban J connectivity index is 1.30. The summed E-state index contributed by atoms with van der Waals surface area (Å²) in [5, 5.41) is 6.23. The van der Waals surface area contributed by atoms with Gasteiger partial charge in [-0.15, -0.1) is 0 Å². The first kappa shape index (κ1) is 23.5. The molecule has 3 aromatic heterocycles. The zero-order valence-electron chi connectivity index (χ0n) is 20.1. The molecular weight excluding hydrogens is 493 g/mol. The molecule has 2 aromatic carbocycles. The second kappa shape index (κ2) is 9.18. The summed E-state index contributed by atoms with van der Waals surface area (Å²) in [6.45, 7) is 1.84. The molecule has 6 rings (SSSR count). The first-order valence-corrected chi connectivity index (χ1v) is 11.9. The fourth-order valence-electron chi connectivity index (χ4n) is 4.66. The van der Waals surface area contributed by atoms with Gasteiger partial charge >= 0.3 is 5.76 Å². The minimum atomic E-state index is -0.855. The molecule has 38 heavy (non-hydrogen) atoms. The van der Waals surface area contributed by atoms with Gasteiger partial charge in [-0.1, -0.05) is 23.4 Å². The minimum Gasteiger partial charge on any atom is -0.408 e. The van der Waals surface area contributed by atoms with Crippen molar-refractivity contribution in [3.05, 3.63) is 88.2 Å². The Morgan fingerprint density at radius 3 is 2.76 bits per heavy atom. The van der Waals surface area contributed by atoms with E-state index in [0.717, 1.165) is 5.69 Å². The number of nitrogens with one attached hydrogen (secondary N) is 1. The number of carbonyl (C=O) groups excluding carboxylic acids is 2. The molecule has 5 aromatic rings. The topological polar surface area (TPSA) is 133 Å². The number of fused-ring (bicyclic) bond motifs is 1. The second-order valence-electron chi connectivity index (χ2n) is 9.05. The van der Waals surface area contributed by atoms with Crippen LogP contribution in [-0.4, -0.2) is 31.5 Å². The van der Waals surface area contributed by atoms with Crippen molar-refractivity contribution in [3.8, 4) is 22.5 Å². The predicted octanol–water partition coefficient (Wildman–Crippen LogP) is 3.72.